The summed E-state index contributed by atoms with van der Waals surface area (Å²) in [6.45, 7) is 0. The van der Waals surface area contributed by atoms with Crippen LogP contribution in [-0.2, 0) is 11.2 Å². The number of ether oxygens (including phenoxy) is 3. The number of nitrogens with one attached hydrogen (secondary N) is 3. The highest BCUT2D eigenvalue weighted by Crippen LogP contribution is 2.54. The Hall–Kier alpha value is -4.27. The topological polar surface area (TPSA) is 111 Å². The second-order valence-corrected chi connectivity index (χ2v) is 8.45. The predicted octanol–water partition coefficient (Wildman–Crippen LogP) is 3.82. The van der Waals surface area contributed by atoms with Crippen LogP contribution in [0, 0.1) is 0 Å². The molecule has 9 nitrogen and oxygen atoms in total. The number of pyridine rings is 1. The summed E-state index contributed by atoms with van der Waals surface area (Å²) >= 11 is 0. The largest absolute Gasteiger partial charge is 0.497 e. The average Bonchev–Trinajstić information content (AvgIpc) is 3.35. The summed E-state index contributed by atoms with van der Waals surface area (Å²) in [6, 6.07) is 14.3. The number of hydrogen-bond acceptors (Lipinski definition) is 6. The fraction of sp³-hybridized carbons (Fsp3) is 0.240. The maximum atomic E-state index is 12.5. The van der Waals surface area contributed by atoms with E-state index in [0.717, 1.165) is 22.6 Å². The first-order valence-electron chi connectivity index (χ1n) is 11.1. The molecule has 3 unspecified atom stereocenters. The number of benzene rings is 2. The number of urea groups is 1. The molecule has 172 valence electrons. The van der Waals surface area contributed by atoms with Crippen LogP contribution in [-0.4, -0.2) is 36.2 Å². The van der Waals surface area contributed by atoms with Gasteiger partial charge in [0.15, 0.2) is 0 Å². The lowest BCUT2D eigenvalue weighted by Crippen LogP contribution is -2.33. The van der Waals surface area contributed by atoms with Gasteiger partial charge in [-0.15, -0.1) is 0 Å². The van der Waals surface area contributed by atoms with Crippen molar-refractivity contribution >= 4 is 23.4 Å². The van der Waals surface area contributed by atoms with E-state index >= 15 is 0 Å². The summed E-state index contributed by atoms with van der Waals surface area (Å²) in [5.41, 5.74) is 2.57. The number of nitrogens with zero attached hydrogens (tertiary/aromatic N) is 1. The molecule has 2 aliphatic heterocycles. The summed E-state index contributed by atoms with van der Waals surface area (Å²) in [5, 5.41) is 8.61. The standard InChI is InChI=1S/C25H22N4O5/c1-32-14-4-2-13(3-5-14)27-25(31)29-22-21-17-12-15(6-8-18(17)34-23(21)22)33-19-10-11-26-24-16(19)7-9-20(30)28-24/h2-6,8,10-12,21-23H,7,9H2,1H3,(H,26,28,30)(H2,27,29,31). The van der Waals surface area contributed by atoms with Gasteiger partial charge in [-0.3, -0.25) is 4.79 Å². The van der Waals surface area contributed by atoms with Crippen molar-refractivity contribution in [2.45, 2.75) is 30.9 Å². The van der Waals surface area contributed by atoms with E-state index in [-0.39, 0.29) is 30.0 Å². The Labute approximate surface area is 195 Å². The Bertz CT molecular complexity index is 1290. The van der Waals surface area contributed by atoms with Gasteiger partial charge in [0.05, 0.1) is 19.1 Å². The zero-order chi connectivity index (χ0) is 23.2. The summed E-state index contributed by atoms with van der Waals surface area (Å²) in [7, 11) is 1.60. The van der Waals surface area contributed by atoms with Gasteiger partial charge in [0.1, 0.15) is 34.9 Å². The van der Waals surface area contributed by atoms with E-state index in [0.29, 0.717) is 35.8 Å². The van der Waals surface area contributed by atoms with Crippen molar-refractivity contribution < 1.29 is 23.8 Å². The SMILES string of the molecule is COc1ccc(NC(=O)NC2C3Oc4ccc(Oc5ccnc6c5CCC(=O)N6)cc4C23)cc1. The Morgan fingerprint density at radius 2 is 1.94 bits per heavy atom. The van der Waals surface area contributed by atoms with Gasteiger partial charge < -0.3 is 30.2 Å². The van der Waals surface area contributed by atoms with Gasteiger partial charge in [-0.25, -0.2) is 9.78 Å². The molecule has 0 radical (unpaired) electrons. The fourth-order valence-corrected chi connectivity index (χ4v) is 4.55. The molecular formula is C25H22N4O5. The normalized spacial score (nSPS) is 21.2. The second-order valence-electron chi connectivity index (χ2n) is 8.45. The third kappa shape index (κ3) is 3.64. The van der Waals surface area contributed by atoms with E-state index in [2.05, 4.69) is 20.9 Å². The van der Waals surface area contributed by atoms with Crippen LogP contribution >= 0.6 is 0 Å². The van der Waals surface area contributed by atoms with Gasteiger partial charge in [-0.1, -0.05) is 0 Å². The number of carbonyl (C=O) groups is 2. The number of aromatic nitrogens is 1. The lowest BCUT2D eigenvalue weighted by Gasteiger charge is -2.19. The molecule has 9 heteroatoms. The van der Waals surface area contributed by atoms with Crippen LogP contribution in [0.25, 0.3) is 0 Å². The molecule has 34 heavy (non-hydrogen) atoms. The molecule has 0 spiro atoms. The number of carbonyl (C=O) groups excluding carboxylic acids is 2. The summed E-state index contributed by atoms with van der Waals surface area (Å²) in [5.74, 6) is 3.45. The number of hydrogen-bond donors (Lipinski definition) is 3. The molecule has 3 amide bonds. The quantitative estimate of drug-likeness (QED) is 0.536. The third-order valence-electron chi connectivity index (χ3n) is 6.30. The molecule has 0 bridgehead atoms. The zero-order valence-corrected chi connectivity index (χ0v) is 18.3. The summed E-state index contributed by atoms with van der Waals surface area (Å²) in [6.07, 6.45) is 2.52. The Balaban J connectivity index is 1.13. The lowest BCUT2D eigenvalue weighted by atomic mass is 10.1. The fourth-order valence-electron chi connectivity index (χ4n) is 4.55. The minimum absolute atomic E-state index is 0.0406. The third-order valence-corrected chi connectivity index (χ3v) is 6.30. The molecule has 3 N–H and O–H groups in total. The van der Waals surface area contributed by atoms with E-state index in [1.165, 1.54) is 0 Å². The van der Waals surface area contributed by atoms with Crippen LogP contribution in [0.15, 0.2) is 54.7 Å². The van der Waals surface area contributed by atoms with Crippen molar-refractivity contribution in [3.63, 3.8) is 0 Å². The Morgan fingerprint density at radius 1 is 1.12 bits per heavy atom. The molecule has 3 atom stereocenters. The van der Waals surface area contributed by atoms with E-state index < -0.39 is 0 Å². The molecule has 1 aromatic heterocycles. The van der Waals surface area contributed by atoms with Crippen LogP contribution in [0.1, 0.15) is 23.5 Å². The molecule has 0 saturated heterocycles. The average molecular weight is 458 g/mol. The Morgan fingerprint density at radius 3 is 2.76 bits per heavy atom. The van der Waals surface area contributed by atoms with Crippen molar-refractivity contribution in [1.82, 2.24) is 10.3 Å². The predicted molar refractivity (Wildman–Crippen MR) is 124 cm³/mol. The number of anilines is 2. The minimum Gasteiger partial charge on any atom is -0.497 e. The summed E-state index contributed by atoms with van der Waals surface area (Å²) < 4.78 is 17.3. The van der Waals surface area contributed by atoms with Crippen LogP contribution in [0.2, 0.25) is 0 Å². The molecule has 1 fully saturated rings. The highest BCUT2D eigenvalue weighted by Gasteiger charge is 2.59. The molecule has 1 saturated carbocycles. The van der Waals surface area contributed by atoms with E-state index in [9.17, 15) is 9.59 Å². The van der Waals surface area contributed by atoms with E-state index in [1.807, 2.05) is 18.2 Å². The van der Waals surface area contributed by atoms with Crippen LogP contribution in [0.4, 0.5) is 16.3 Å². The van der Waals surface area contributed by atoms with E-state index in [1.54, 1.807) is 43.6 Å². The minimum atomic E-state index is -0.285. The molecule has 6 rings (SSSR count). The van der Waals surface area contributed by atoms with Gasteiger partial charge in [-0.05, 0) is 55.0 Å². The number of amides is 3. The zero-order valence-electron chi connectivity index (χ0n) is 18.3. The van der Waals surface area contributed by atoms with Crippen molar-refractivity contribution in [3.05, 3.63) is 65.9 Å². The first kappa shape index (κ1) is 20.3. The summed E-state index contributed by atoms with van der Waals surface area (Å²) in [4.78, 5) is 28.4. The van der Waals surface area contributed by atoms with Crippen LogP contribution < -0.4 is 30.2 Å². The van der Waals surface area contributed by atoms with Crippen molar-refractivity contribution in [3.8, 4) is 23.0 Å². The van der Waals surface area contributed by atoms with Crippen molar-refractivity contribution in [1.29, 1.82) is 0 Å². The number of fused-ring (bicyclic) bond motifs is 4. The van der Waals surface area contributed by atoms with Gasteiger partial charge in [0.2, 0.25) is 5.91 Å². The molecule has 3 heterocycles. The van der Waals surface area contributed by atoms with Crippen molar-refractivity contribution in [2.24, 2.45) is 0 Å². The van der Waals surface area contributed by atoms with E-state index in [4.69, 9.17) is 14.2 Å². The Kier molecular flexibility index (Phi) is 4.75. The monoisotopic (exact) mass is 458 g/mol. The molecule has 2 aromatic carbocycles. The first-order chi connectivity index (χ1) is 16.6. The van der Waals surface area contributed by atoms with Gasteiger partial charge >= 0.3 is 6.03 Å². The lowest BCUT2D eigenvalue weighted by molar-refractivity contribution is -0.116. The molecular weight excluding hydrogens is 436 g/mol. The van der Waals surface area contributed by atoms with Gasteiger partial charge in [0.25, 0.3) is 0 Å². The van der Waals surface area contributed by atoms with Crippen LogP contribution in [0.5, 0.6) is 23.0 Å². The highest BCUT2D eigenvalue weighted by atomic mass is 16.5. The highest BCUT2D eigenvalue weighted by molar-refractivity contribution is 5.93. The second kappa shape index (κ2) is 7.95. The maximum absolute atomic E-state index is 12.5. The first-order valence-corrected chi connectivity index (χ1v) is 11.1. The van der Waals surface area contributed by atoms with Crippen molar-refractivity contribution in [2.75, 3.05) is 17.7 Å². The molecule has 3 aliphatic rings. The molecule has 1 aliphatic carbocycles. The number of methoxy groups -OCH3 is 1. The van der Waals surface area contributed by atoms with Gasteiger partial charge in [-0.2, -0.15) is 0 Å². The smallest absolute Gasteiger partial charge is 0.319 e. The number of rotatable bonds is 5. The maximum Gasteiger partial charge on any atom is 0.319 e. The van der Waals surface area contributed by atoms with Crippen LogP contribution in [0.3, 0.4) is 0 Å². The van der Waals surface area contributed by atoms with Gasteiger partial charge in [0, 0.05) is 29.4 Å². The molecule has 3 aromatic rings.